The van der Waals surface area contributed by atoms with E-state index < -0.39 is 5.82 Å². The summed E-state index contributed by atoms with van der Waals surface area (Å²) >= 11 is 0. The number of fused-ring (bicyclic) bond motifs is 2. The number of nitrogens with zero attached hydrogens (tertiary/aromatic N) is 1. The molecule has 0 saturated carbocycles. The second kappa shape index (κ2) is 9.28. The molecule has 1 aromatic heterocycles. The van der Waals surface area contributed by atoms with Gasteiger partial charge in [-0.15, -0.1) is 0 Å². The van der Waals surface area contributed by atoms with Crippen molar-refractivity contribution in [3.05, 3.63) is 52.1 Å². The number of anilines is 1. The molecule has 1 aliphatic heterocycles. The zero-order valence-electron chi connectivity index (χ0n) is 19.0. The second-order valence-electron chi connectivity index (χ2n) is 8.44. The average Bonchev–Trinajstić information content (AvgIpc) is 3.30. The van der Waals surface area contributed by atoms with Gasteiger partial charge in [0, 0.05) is 23.5 Å². The number of hydrogen-bond acceptors (Lipinski definition) is 3. The molecule has 6 nitrogen and oxygen atoms in total. The van der Waals surface area contributed by atoms with Crippen LogP contribution in [0.5, 0.6) is 0 Å². The molecule has 1 aliphatic carbocycles. The summed E-state index contributed by atoms with van der Waals surface area (Å²) in [5.41, 5.74) is 5.46. The fourth-order valence-electron chi connectivity index (χ4n) is 4.90. The van der Waals surface area contributed by atoms with Crippen molar-refractivity contribution in [3.8, 4) is 0 Å². The van der Waals surface area contributed by atoms with Gasteiger partial charge in [0.2, 0.25) is 0 Å². The average molecular weight is 439 g/mol. The molecule has 2 aromatic rings. The zero-order chi connectivity index (χ0) is 22.8. The quantitative estimate of drug-likeness (QED) is 0.450. The van der Waals surface area contributed by atoms with E-state index in [4.69, 9.17) is 0 Å². The number of halogens is 1. The maximum Gasteiger partial charge on any atom is 0.256 e. The van der Waals surface area contributed by atoms with Crippen LogP contribution in [0.2, 0.25) is 0 Å². The van der Waals surface area contributed by atoms with Crippen molar-refractivity contribution < 1.29 is 14.0 Å². The monoisotopic (exact) mass is 438 g/mol. The van der Waals surface area contributed by atoms with E-state index in [1.807, 2.05) is 6.92 Å². The van der Waals surface area contributed by atoms with Crippen molar-refractivity contribution in [2.24, 2.45) is 0 Å². The summed E-state index contributed by atoms with van der Waals surface area (Å²) in [7, 11) is 0. The number of hydrogen-bond donors (Lipinski definition) is 3. The van der Waals surface area contributed by atoms with E-state index in [9.17, 15) is 14.0 Å². The van der Waals surface area contributed by atoms with Gasteiger partial charge in [-0.1, -0.05) is 26.0 Å². The molecule has 0 radical (unpaired) electrons. The van der Waals surface area contributed by atoms with Crippen molar-refractivity contribution in [1.82, 2.24) is 15.2 Å². The fraction of sp³-hybridized carbons (Fsp3) is 0.440. The van der Waals surface area contributed by atoms with Crippen LogP contribution >= 0.6 is 0 Å². The molecule has 2 aliphatic rings. The highest BCUT2D eigenvalue weighted by Crippen LogP contribution is 2.43. The van der Waals surface area contributed by atoms with E-state index in [-0.39, 0.29) is 17.5 Å². The summed E-state index contributed by atoms with van der Waals surface area (Å²) in [5.74, 6) is -0.800. The lowest BCUT2D eigenvalue weighted by atomic mass is 9.86. The third-order valence-electron chi connectivity index (χ3n) is 6.55. The lowest BCUT2D eigenvalue weighted by Crippen LogP contribution is -2.30. The number of carbonyl (C=O) groups is 2. The van der Waals surface area contributed by atoms with Crippen LogP contribution in [0.3, 0.4) is 0 Å². The molecule has 0 bridgehead atoms. The van der Waals surface area contributed by atoms with Crippen LogP contribution in [-0.4, -0.2) is 47.9 Å². The van der Waals surface area contributed by atoms with E-state index in [1.54, 1.807) is 12.1 Å². The molecule has 170 valence electrons. The van der Waals surface area contributed by atoms with Crippen LogP contribution in [0, 0.1) is 12.7 Å². The van der Waals surface area contributed by atoms with Gasteiger partial charge in [-0.3, -0.25) is 9.59 Å². The first-order chi connectivity index (χ1) is 15.5. The molecular formula is C25H31FN4O2. The van der Waals surface area contributed by atoms with E-state index >= 15 is 0 Å². The number of aryl methyl sites for hydroxylation is 1. The molecular weight excluding hydrogens is 407 g/mol. The molecule has 0 unspecified atom stereocenters. The Balaban J connectivity index is 1.61. The molecule has 32 heavy (non-hydrogen) atoms. The van der Waals surface area contributed by atoms with Crippen LogP contribution in [0.4, 0.5) is 10.1 Å². The molecule has 0 spiro atoms. The summed E-state index contributed by atoms with van der Waals surface area (Å²) in [5, 5.41) is 5.74. The number of aromatic amines is 1. The first-order valence-electron chi connectivity index (χ1n) is 11.5. The molecule has 3 N–H and O–H groups in total. The number of amides is 2. The third-order valence-corrected chi connectivity index (χ3v) is 6.55. The van der Waals surface area contributed by atoms with Crippen molar-refractivity contribution in [3.63, 3.8) is 0 Å². The molecule has 0 atom stereocenters. The lowest BCUT2D eigenvalue weighted by Gasteiger charge is -2.19. The second-order valence-corrected chi connectivity index (χ2v) is 8.44. The highest BCUT2D eigenvalue weighted by molar-refractivity contribution is 6.37. The normalized spacial score (nSPS) is 17.3. The van der Waals surface area contributed by atoms with Crippen LogP contribution in [0.15, 0.2) is 18.2 Å². The van der Waals surface area contributed by atoms with Gasteiger partial charge in [-0.2, -0.15) is 0 Å². The largest absolute Gasteiger partial charge is 0.358 e. The SMILES string of the molecule is CCN(CC)CCCNC(=O)c1c(C)[nH]c2c1CCC/C2=C1/C(=O)Nc2c(F)cccc21. The van der Waals surface area contributed by atoms with Crippen LogP contribution in [0.25, 0.3) is 11.1 Å². The van der Waals surface area contributed by atoms with Crippen LogP contribution < -0.4 is 10.6 Å². The predicted octanol–water partition coefficient (Wildman–Crippen LogP) is 4.12. The highest BCUT2D eigenvalue weighted by atomic mass is 19.1. The summed E-state index contributed by atoms with van der Waals surface area (Å²) in [6.45, 7) is 9.77. The van der Waals surface area contributed by atoms with Gasteiger partial charge in [-0.05, 0) is 69.4 Å². The van der Waals surface area contributed by atoms with Gasteiger partial charge < -0.3 is 20.5 Å². The Kier molecular flexibility index (Phi) is 6.46. The maximum atomic E-state index is 14.2. The highest BCUT2D eigenvalue weighted by Gasteiger charge is 2.34. The minimum Gasteiger partial charge on any atom is -0.358 e. The number of para-hydroxylation sites is 1. The van der Waals surface area contributed by atoms with Gasteiger partial charge in [0.1, 0.15) is 5.82 Å². The smallest absolute Gasteiger partial charge is 0.256 e. The Morgan fingerprint density at radius 1 is 1.22 bits per heavy atom. The predicted molar refractivity (Wildman–Crippen MR) is 125 cm³/mol. The minimum absolute atomic E-state index is 0.0758. The zero-order valence-corrected chi connectivity index (χ0v) is 19.0. The summed E-state index contributed by atoms with van der Waals surface area (Å²) in [6, 6.07) is 4.74. The maximum absolute atomic E-state index is 14.2. The molecule has 1 aromatic carbocycles. The standard InChI is InChI=1S/C25H31FN4O2/c1-4-30(5-2)14-8-13-27-24(31)20-15(3)28-22-16(20)9-6-10-17(22)21-18-11-7-12-19(26)23(18)29-25(21)32/h7,11-12,28H,4-6,8-10,13-14H2,1-3H3,(H,27,31)(H,29,32)/b21-17-. The Morgan fingerprint density at radius 2 is 2.00 bits per heavy atom. The number of carbonyl (C=O) groups excluding carboxylic acids is 2. The van der Waals surface area contributed by atoms with Crippen molar-refractivity contribution in [1.29, 1.82) is 0 Å². The van der Waals surface area contributed by atoms with Gasteiger partial charge in [-0.25, -0.2) is 4.39 Å². The van der Waals surface area contributed by atoms with Crippen LogP contribution in [-0.2, 0) is 11.2 Å². The summed E-state index contributed by atoms with van der Waals surface area (Å²) in [6.07, 6.45) is 3.22. The number of benzene rings is 1. The van der Waals surface area contributed by atoms with E-state index in [0.29, 0.717) is 29.7 Å². The molecule has 2 amide bonds. The number of aromatic nitrogens is 1. The van der Waals surface area contributed by atoms with E-state index in [1.165, 1.54) is 6.07 Å². The van der Waals surface area contributed by atoms with Crippen molar-refractivity contribution in [2.45, 2.75) is 46.5 Å². The molecule has 0 fully saturated rings. The van der Waals surface area contributed by atoms with E-state index in [0.717, 1.165) is 61.4 Å². The first-order valence-corrected chi connectivity index (χ1v) is 11.5. The Hall–Kier alpha value is -2.93. The van der Waals surface area contributed by atoms with Crippen molar-refractivity contribution in [2.75, 3.05) is 31.5 Å². The Morgan fingerprint density at radius 3 is 2.75 bits per heavy atom. The summed E-state index contributed by atoms with van der Waals surface area (Å²) < 4.78 is 14.2. The van der Waals surface area contributed by atoms with Gasteiger partial charge in [0.25, 0.3) is 11.8 Å². The van der Waals surface area contributed by atoms with E-state index in [2.05, 4.69) is 34.4 Å². The number of nitrogens with one attached hydrogen (secondary N) is 3. The number of allylic oxidation sites excluding steroid dienone is 1. The van der Waals surface area contributed by atoms with Gasteiger partial charge in [0.05, 0.1) is 16.8 Å². The molecule has 2 heterocycles. The van der Waals surface area contributed by atoms with Gasteiger partial charge >= 0.3 is 0 Å². The van der Waals surface area contributed by atoms with Gasteiger partial charge in [0.15, 0.2) is 0 Å². The summed E-state index contributed by atoms with van der Waals surface area (Å²) in [4.78, 5) is 31.5. The van der Waals surface area contributed by atoms with Crippen LogP contribution in [0.1, 0.15) is 66.0 Å². The Bertz CT molecular complexity index is 1080. The fourth-order valence-corrected chi connectivity index (χ4v) is 4.90. The third kappa shape index (κ3) is 3.97. The first kappa shape index (κ1) is 22.3. The topological polar surface area (TPSA) is 77.2 Å². The number of H-pyrrole nitrogens is 1. The lowest BCUT2D eigenvalue weighted by molar-refractivity contribution is -0.110. The number of rotatable bonds is 7. The van der Waals surface area contributed by atoms with Crippen molar-refractivity contribution >= 4 is 28.6 Å². The molecule has 4 rings (SSSR count). The molecule has 7 heteroatoms. The molecule has 0 saturated heterocycles. The minimum atomic E-state index is -0.435. The Labute approximate surface area is 188 Å².